The first-order valence-electron chi connectivity index (χ1n) is 12.5. The van der Waals surface area contributed by atoms with Crippen LogP contribution in [-0.4, -0.2) is 37.6 Å². The zero-order valence-corrected chi connectivity index (χ0v) is 23.0. The van der Waals surface area contributed by atoms with E-state index >= 15 is 0 Å². The summed E-state index contributed by atoms with van der Waals surface area (Å²) in [7, 11) is -1.00. The minimum atomic E-state index is -5.12. The third-order valence-corrected chi connectivity index (χ3v) is 6.79. The van der Waals surface area contributed by atoms with Gasteiger partial charge in [-0.1, -0.05) is 58.4 Å². The van der Waals surface area contributed by atoms with Gasteiger partial charge < -0.3 is 9.47 Å². The van der Waals surface area contributed by atoms with Crippen LogP contribution < -0.4 is 14.8 Å². The number of hydrogen-bond donors (Lipinski definition) is 0. The Morgan fingerprint density at radius 3 is 1.79 bits per heavy atom. The maximum Gasteiger partial charge on any atom is 0.417 e. The molecule has 0 amide bonds. The molecule has 3 nitrogen and oxygen atoms in total. The van der Waals surface area contributed by atoms with Gasteiger partial charge in [0, 0.05) is 35.8 Å². The van der Waals surface area contributed by atoms with Crippen LogP contribution >= 0.6 is 8.58 Å². The van der Waals surface area contributed by atoms with Gasteiger partial charge in [-0.05, 0) is 45.7 Å². The predicted molar refractivity (Wildman–Crippen MR) is 140 cm³/mol. The minimum absolute atomic E-state index is 0. The van der Waals surface area contributed by atoms with Crippen LogP contribution in [0.4, 0.5) is 26.3 Å². The fourth-order valence-electron chi connectivity index (χ4n) is 3.70. The minimum Gasteiger partial charge on any atom is -0.493 e. The molecule has 0 aliphatic heterocycles. The molecule has 1 radical (unpaired) electrons. The molecule has 0 fully saturated rings. The topological polar surface area (TPSA) is 35.5 Å². The van der Waals surface area contributed by atoms with Crippen LogP contribution in [0.15, 0.2) is 36.4 Å². The largest absolute Gasteiger partial charge is 0.493 e. The molecule has 207 valence electrons. The number of alkyl halides is 6. The number of ether oxygens (including phenoxy) is 2. The molecule has 0 bridgehead atoms. The van der Waals surface area contributed by atoms with Gasteiger partial charge in [0.2, 0.25) is 0 Å². The Balaban J connectivity index is 0.00000722. The molecule has 0 aromatic heterocycles. The number of carbonyl (C=O) groups is 1. The Hall–Kier alpha value is -1.68. The Kier molecular flexibility index (Phi) is 14.8. The molecular formula is C27H33F6LiO3P. The third kappa shape index (κ3) is 10.8. The maximum atomic E-state index is 13.6. The summed E-state index contributed by atoms with van der Waals surface area (Å²) in [6.07, 6.45) is -2.58. The van der Waals surface area contributed by atoms with E-state index in [4.69, 9.17) is 9.47 Å². The Bertz CT molecular complexity index is 979. The van der Waals surface area contributed by atoms with Crippen LogP contribution in [0.2, 0.25) is 0 Å². The van der Waals surface area contributed by atoms with Crippen molar-refractivity contribution < 1.29 is 40.6 Å². The number of rotatable bonds is 15. The summed E-state index contributed by atoms with van der Waals surface area (Å²) in [5.74, 6) is 0.694. The molecule has 0 N–H and O–H groups in total. The van der Waals surface area contributed by atoms with Gasteiger partial charge >= 0.3 is 12.4 Å². The van der Waals surface area contributed by atoms with Crippen molar-refractivity contribution >= 4 is 38.3 Å². The van der Waals surface area contributed by atoms with Crippen molar-refractivity contribution in [1.29, 1.82) is 0 Å². The summed E-state index contributed by atoms with van der Waals surface area (Å²) in [5.41, 5.74) is -5.84. The van der Waals surface area contributed by atoms with E-state index < -0.39 is 43.1 Å². The average Bonchev–Trinajstić information content (AvgIpc) is 2.83. The second-order valence-corrected chi connectivity index (χ2v) is 9.90. The SMILES string of the molecule is CCCCCCOc1ccc(PC(=O)c2c(C(F)(F)F)cccc2C(F)(F)F)c(OCCCCCC)c1.[Li]. The van der Waals surface area contributed by atoms with Crippen molar-refractivity contribution in [3.63, 3.8) is 0 Å². The molecular weight excluding hydrogens is 524 g/mol. The first-order chi connectivity index (χ1) is 17.5. The van der Waals surface area contributed by atoms with Gasteiger partial charge in [-0.2, -0.15) is 26.3 Å². The van der Waals surface area contributed by atoms with Gasteiger partial charge in [0.15, 0.2) is 5.52 Å². The maximum absolute atomic E-state index is 13.6. The zero-order chi connectivity index (χ0) is 27.5. The fraction of sp³-hybridized carbons (Fsp3) is 0.519. The van der Waals surface area contributed by atoms with Crippen LogP contribution in [0.1, 0.15) is 86.7 Å². The molecule has 2 aromatic carbocycles. The number of hydrogen-bond acceptors (Lipinski definition) is 3. The summed E-state index contributed by atoms with van der Waals surface area (Å²) < 4.78 is 92.9. The van der Waals surface area contributed by atoms with Crippen LogP contribution in [0.5, 0.6) is 11.5 Å². The van der Waals surface area contributed by atoms with E-state index in [-0.39, 0.29) is 29.9 Å². The normalized spacial score (nSPS) is 12.0. The van der Waals surface area contributed by atoms with E-state index in [0.717, 1.165) is 51.4 Å². The molecule has 2 aromatic rings. The summed E-state index contributed by atoms with van der Waals surface area (Å²) in [4.78, 5) is 13.0. The summed E-state index contributed by atoms with van der Waals surface area (Å²) in [5, 5.41) is 0.226. The number of halogens is 6. The smallest absolute Gasteiger partial charge is 0.417 e. The van der Waals surface area contributed by atoms with E-state index in [2.05, 4.69) is 13.8 Å². The van der Waals surface area contributed by atoms with E-state index in [1.165, 1.54) is 6.07 Å². The Morgan fingerprint density at radius 2 is 1.29 bits per heavy atom. The first kappa shape index (κ1) is 34.3. The van der Waals surface area contributed by atoms with Crippen molar-refractivity contribution in [2.75, 3.05) is 13.2 Å². The fourth-order valence-corrected chi connectivity index (χ4v) is 4.77. The zero-order valence-electron chi connectivity index (χ0n) is 22.0. The van der Waals surface area contributed by atoms with E-state index in [9.17, 15) is 31.1 Å². The first-order valence-corrected chi connectivity index (χ1v) is 13.5. The van der Waals surface area contributed by atoms with Crippen LogP contribution in [0.3, 0.4) is 0 Å². The van der Waals surface area contributed by atoms with Crippen molar-refractivity contribution in [2.45, 2.75) is 77.6 Å². The standard InChI is InChI=1S/C27H33F6O3P.Li/c1-3-5-7-9-16-35-19-14-15-23(22(18-19)36-17-10-8-6-4-2)37-25(34)24-20(26(28,29)30)12-11-13-21(24)27(31,32)33;/h11-15,18,37H,3-10,16-17H2,1-2H3;. The Labute approximate surface area is 234 Å². The van der Waals surface area contributed by atoms with Gasteiger partial charge in [0.1, 0.15) is 11.5 Å². The van der Waals surface area contributed by atoms with Crippen LogP contribution in [0.25, 0.3) is 0 Å². The number of unbranched alkanes of at least 4 members (excludes halogenated alkanes) is 6. The second kappa shape index (κ2) is 16.4. The van der Waals surface area contributed by atoms with Gasteiger partial charge in [-0.25, -0.2) is 0 Å². The molecule has 0 aliphatic rings. The quantitative estimate of drug-likeness (QED) is 0.0955. The summed E-state index contributed by atoms with van der Waals surface area (Å²) in [6, 6.07) is 6.22. The van der Waals surface area contributed by atoms with Gasteiger partial charge in [-0.15, -0.1) is 0 Å². The van der Waals surface area contributed by atoms with E-state index in [0.29, 0.717) is 37.2 Å². The van der Waals surface area contributed by atoms with Crippen molar-refractivity contribution in [3.05, 3.63) is 53.1 Å². The van der Waals surface area contributed by atoms with Crippen molar-refractivity contribution in [2.24, 2.45) is 0 Å². The van der Waals surface area contributed by atoms with Gasteiger partial charge in [-0.3, -0.25) is 4.79 Å². The number of benzene rings is 2. The second-order valence-electron chi connectivity index (χ2n) is 8.65. The molecule has 0 saturated carbocycles. The summed E-state index contributed by atoms with van der Waals surface area (Å²) in [6.45, 7) is 4.92. The molecule has 38 heavy (non-hydrogen) atoms. The van der Waals surface area contributed by atoms with Crippen LogP contribution in [0, 0.1) is 0 Å². The molecule has 0 spiro atoms. The Morgan fingerprint density at radius 1 is 0.763 bits per heavy atom. The molecule has 0 aliphatic carbocycles. The molecule has 0 saturated heterocycles. The van der Waals surface area contributed by atoms with E-state index in [1.54, 1.807) is 12.1 Å². The molecule has 1 atom stereocenters. The van der Waals surface area contributed by atoms with Crippen molar-refractivity contribution in [3.8, 4) is 11.5 Å². The van der Waals surface area contributed by atoms with E-state index in [1.807, 2.05) is 0 Å². The molecule has 0 heterocycles. The monoisotopic (exact) mass is 557 g/mol. The number of carbonyl (C=O) groups excluding carboxylic acids is 1. The van der Waals surface area contributed by atoms with Gasteiger partial charge in [0.05, 0.1) is 24.3 Å². The molecule has 1 unspecified atom stereocenters. The van der Waals surface area contributed by atoms with Gasteiger partial charge in [0.25, 0.3) is 0 Å². The average molecular weight is 557 g/mol. The molecule has 11 heteroatoms. The molecule has 2 rings (SSSR count). The summed E-state index contributed by atoms with van der Waals surface area (Å²) >= 11 is 0. The predicted octanol–water partition coefficient (Wildman–Crippen LogP) is 8.41. The van der Waals surface area contributed by atoms with Crippen molar-refractivity contribution in [1.82, 2.24) is 0 Å². The third-order valence-electron chi connectivity index (χ3n) is 5.63. The van der Waals surface area contributed by atoms with Crippen LogP contribution in [-0.2, 0) is 12.4 Å².